The molecule has 0 radical (unpaired) electrons. The van der Waals surface area contributed by atoms with E-state index in [1.807, 2.05) is 57.2 Å². The normalized spacial score (nSPS) is 12.3. The number of phenols is 1. The maximum atomic E-state index is 10.6. The Balaban J connectivity index is 1.84. The van der Waals surface area contributed by atoms with E-state index < -0.39 is 0 Å². The van der Waals surface area contributed by atoms with Gasteiger partial charge in [-0.3, -0.25) is 0 Å². The summed E-state index contributed by atoms with van der Waals surface area (Å²) >= 11 is 0. The van der Waals surface area contributed by atoms with Crippen LogP contribution < -0.4 is 11.1 Å². The fourth-order valence-electron chi connectivity index (χ4n) is 3.47. The second-order valence-electron chi connectivity index (χ2n) is 7.39. The van der Waals surface area contributed by atoms with E-state index in [2.05, 4.69) is 10.5 Å². The number of nitrogens with one attached hydrogen (secondary N) is 1. The number of fused-ring (bicyclic) bond motifs is 1. The number of nitrogens with two attached hydrogens (primary N) is 1. The van der Waals surface area contributed by atoms with Gasteiger partial charge in [0.25, 0.3) is 0 Å². The van der Waals surface area contributed by atoms with Crippen molar-refractivity contribution in [3.63, 3.8) is 0 Å². The van der Waals surface area contributed by atoms with Gasteiger partial charge in [-0.2, -0.15) is 0 Å². The van der Waals surface area contributed by atoms with Gasteiger partial charge in [-0.05, 0) is 50.1 Å². The molecule has 0 unspecified atom stereocenters. The molecule has 0 aliphatic heterocycles. The van der Waals surface area contributed by atoms with Gasteiger partial charge in [-0.25, -0.2) is 9.97 Å². The van der Waals surface area contributed by atoms with E-state index in [4.69, 9.17) is 20.2 Å². The molecule has 0 saturated carbocycles. The highest BCUT2D eigenvalue weighted by Crippen LogP contribution is 2.35. The number of hydrogen-bond acceptors (Lipinski definition) is 7. The summed E-state index contributed by atoms with van der Waals surface area (Å²) in [5.74, 6) is 1.96. The van der Waals surface area contributed by atoms with E-state index in [-0.39, 0.29) is 11.8 Å². The van der Waals surface area contributed by atoms with Gasteiger partial charge in [-0.15, -0.1) is 0 Å². The second kappa shape index (κ2) is 8.12. The van der Waals surface area contributed by atoms with Crippen LogP contribution in [0.15, 0.2) is 47.0 Å². The highest BCUT2D eigenvalue weighted by Gasteiger charge is 2.17. The summed E-state index contributed by atoms with van der Waals surface area (Å²) in [5.41, 5.74) is 10.00. The highest BCUT2D eigenvalue weighted by atomic mass is 16.5. The number of rotatable bonds is 6. The topological polar surface area (TPSA) is 110 Å². The van der Waals surface area contributed by atoms with Crippen LogP contribution in [-0.2, 0) is 0 Å². The van der Waals surface area contributed by atoms with Crippen LogP contribution in [-0.4, -0.2) is 32.8 Å². The van der Waals surface area contributed by atoms with Gasteiger partial charge in [0, 0.05) is 23.5 Å². The van der Waals surface area contributed by atoms with Gasteiger partial charge in [-0.1, -0.05) is 30.3 Å². The maximum absolute atomic E-state index is 10.6. The third-order valence-corrected chi connectivity index (χ3v) is 5.22. The van der Waals surface area contributed by atoms with Crippen molar-refractivity contribution in [2.24, 2.45) is 5.73 Å². The first-order valence-electron chi connectivity index (χ1n) is 10.0. The van der Waals surface area contributed by atoms with Crippen molar-refractivity contribution in [3.8, 4) is 28.3 Å². The summed E-state index contributed by atoms with van der Waals surface area (Å²) in [5, 5.41) is 18.9. The number of nitrogens with zero attached hydrogens (tertiary/aromatic N) is 3. The Morgan fingerprint density at radius 3 is 2.67 bits per heavy atom. The summed E-state index contributed by atoms with van der Waals surface area (Å²) in [6.07, 6.45) is 0.864. The van der Waals surface area contributed by atoms with Crippen molar-refractivity contribution >= 4 is 16.7 Å². The van der Waals surface area contributed by atoms with Crippen molar-refractivity contribution in [1.82, 2.24) is 15.1 Å². The Labute approximate surface area is 175 Å². The molecule has 0 aliphatic rings. The molecule has 2 aromatic carbocycles. The Bertz CT molecular complexity index is 1180. The summed E-state index contributed by atoms with van der Waals surface area (Å²) in [6.45, 7) is 6.41. The fraction of sp³-hybridized carbons (Fsp3) is 0.261. The molecule has 4 N–H and O–H groups in total. The number of hydrogen-bond donors (Lipinski definition) is 3. The largest absolute Gasteiger partial charge is 0.507 e. The molecule has 154 valence electrons. The van der Waals surface area contributed by atoms with Crippen molar-refractivity contribution in [1.29, 1.82) is 0 Å². The Kier molecular flexibility index (Phi) is 5.37. The van der Waals surface area contributed by atoms with Crippen LogP contribution in [0, 0.1) is 13.8 Å². The average Bonchev–Trinajstić information content (AvgIpc) is 3.10. The summed E-state index contributed by atoms with van der Waals surface area (Å²) in [6, 6.07) is 13.2. The molecule has 30 heavy (non-hydrogen) atoms. The number of aromatic hydroxyl groups is 1. The number of anilines is 1. The van der Waals surface area contributed by atoms with Crippen LogP contribution in [0.25, 0.3) is 33.4 Å². The minimum atomic E-state index is 0.0263. The smallest absolute Gasteiger partial charge is 0.165 e. The Morgan fingerprint density at radius 2 is 1.93 bits per heavy atom. The van der Waals surface area contributed by atoms with E-state index in [9.17, 15) is 5.11 Å². The first-order chi connectivity index (χ1) is 14.5. The van der Waals surface area contributed by atoms with E-state index in [0.717, 1.165) is 39.9 Å². The number of aromatic nitrogens is 3. The third kappa shape index (κ3) is 3.71. The molecule has 4 rings (SSSR count). The summed E-state index contributed by atoms with van der Waals surface area (Å²) in [7, 11) is 0. The summed E-state index contributed by atoms with van der Waals surface area (Å²) in [4.78, 5) is 9.43. The van der Waals surface area contributed by atoms with E-state index in [1.54, 1.807) is 6.07 Å². The lowest BCUT2D eigenvalue weighted by molar-refractivity contribution is 0.393. The lowest BCUT2D eigenvalue weighted by Gasteiger charge is -2.14. The average molecular weight is 403 g/mol. The van der Waals surface area contributed by atoms with Gasteiger partial charge in [0.1, 0.15) is 17.3 Å². The van der Waals surface area contributed by atoms with Crippen LogP contribution in [0.3, 0.4) is 0 Å². The zero-order valence-electron chi connectivity index (χ0n) is 17.3. The van der Waals surface area contributed by atoms with Crippen LogP contribution in [0.4, 0.5) is 5.82 Å². The first kappa shape index (κ1) is 19.8. The molecule has 0 amide bonds. The standard InChI is InChI=1S/C23H25N5O2/c1-4-16(24)12-25-22-17-7-5-6-8-19(17)26-23(27-22)18-11-15(9-10-20(18)29)21-13(2)28-30-14(21)3/h5-11,16,29H,4,12,24H2,1-3H3,(H,25,26,27)/t16-/m0/s1. The second-order valence-corrected chi connectivity index (χ2v) is 7.39. The molecule has 2 heterocycles. The molecule has 0 saturated heterocycles. The molecule has 0 bridgehead atoms. The lowest BCUT2D eigenvalue weighted by Crippen LogP contribution is -2.28. The number of para-hydroxylation sites is 1. The predicted molar refractivity (Wildman–Crippen MR) is 118 cm³/mol. The molecule has 4 aromatic rings. The molecule has 7 nitrogen and oxygen atoms in total. The number of phenolic OH excluding ortho intramolecular Hbond substituents is 1. The molecule has 0 aliphatic carbocycles. The van der Waals surface area contributed by atoms with E-state index >= 15 is 0 Å². The molecule has 7 heteroatoms. The number of aryl methyl sites for hydroxylation is 2. The fourth-order valence-corrected chi connectivity index (χ4v) is 3.47. The van der Waals surface area contributed by atoms with Crippen LogP contribution in [0.1, 0.15) is 24.8 Å². The maximum Gasteiger partial charge on any atom is 0.165 e. The van der Waals surface area contributed by atoms with Gasteiger partial charge >= 0.3 is 0 Å². The van der Waals surface area contributed by atoms with Gasteiger partial charge in [0.05, 0.1) is 16.8 Å². The van der Waals surface area contributed by atoms with Crippen LogP contribution >= 0.6 is 0 Å². The van der Waals surface area contributed by atoms with Gasteiger partial charge in [0.2, 0.25) is 0 Å². The molecule has 0 fully saturated rings. The van der Waals surface area contributed by atoms with Crippen molar-refractivity contribution in [3.05, 3.63) is 53.9 Å². The number of benzene rings is 2. The van der Waals surface area contributed by atoms with Crippen molar-refractivity contribution in [2.45, 2.75) is 33.2 Å². The van der Waals surface area contributed by atoms with Crippen molar-refractivity contribution < 1.29 is 9.63 Å². The zero-order valence-corrected chi connectivity index (χ0v) is 17.3. The highest BCUT2D eigenvalue weighted by molar-refractivity contribution is 5.91. The summed E-state index contributed by atoms with van der Waals surface area (Å²) < 4.78 is 5.30. The predicted octanol–water partition coefficient (Wildman–Crippen LogP) is 4.42. The quantitative estimate of drug-likeness (QED) is 0.437. The molecule has 2 aromatic heterocycles. The van der Waals surface area contributed by atoms with Gasteiger partial charge < -0.3 is 20.7 Å². The van der Waals surface area contributed by atoms with Crippen molar-refractivity contribution in [2.75, 3.05) is 11.9 Å². The molecule has 1 atom stereocenters. The van der Waals surface area contributed by atoms with Crippen LogP contribution in [0.2, 0.25) is 0 Å². The Hall–Kier alpha value is -3.45. The minimum Gasteiger partial charge on any atom is -0.507 e. The molecule has 0 spiro atoms. The zero-order chi connectivity index (χ0) is 21.3. The van der Waals surface area contributed by atoms with Crippen LogP contribution in [0.5, 0.6) is 5.75 Å². The molecular formula is C23H25N5O2. The monoisotopic (exact) mass is 403 g/mol. The lowest BCUT2D eigenvalue weighted by atomic mass is 10.0. The first-order valence-corrected chi connectivity index (χ1v) is 10.0. The molecular weight excluding hydrogens is 378 g/mol. The van der Waals surface area contributed by atoms with E-state index in [1.165, 1.54) is 0 Å². The minimum absolute atomic E-state index is 0.0263. The Morgan fingerprint density at radius 1 is 1.13 bits per heavy atom. The third-order valence-electron chi connectivity index (χ3n) is 5.22. The van der Waals surface area contributed by atoms with Gasteiger partial charge in [0.15, 0.2) is 5.82 Å². The van der Waals surface area contributed by atoms with E-state index in [0.29, 0.717) is 23.8 Å². The SMILES string of the molecule is CC[C@H](N)CNc1nc(-c2cc(-c3c(C)noc3C)ccc2O)nc2ccccc12.